The third kappa shape index (κ3) is 1.85. The number of hydrogen-bond acceptors (Lipinski definition) is 3. The molecule has 0 fully saturated rings. The van der Waals surface area contributed by atoms with Gasteiger partial charge < -0.3 is 4.57 Å². The van der Waals surface area contributed by atoms with E-state index in [2.05, 4.69) is 41.5 Å². The van der Waals surface area contributed by atoms with Crippen molar-refractivity contribution in [2.24, 2.45) is 7.05 Å². The summed E-state index contributed by atoms with van der Waals surface area (Å²) in [6.07, 6.45) is 3.57. The first-order valence-electron chi connectivity index (χ1n) is 6.57. The molecule has 0 saturated carbocycles. The van der Waals surface area contributed by atoms with Crippen LogP contribution in [0.1, 0.15) is 0 Å². The molecular formula is C16H11BrN4. The van der Waals surface area contributed by atoms with Crippen LogP contribution in [-0.2, 0) is 7.05 Å². The first kappa shape index (κ1) is 12.5. The van der Waals surface area contributed by atoms with Gasteiger partial charge in [0.1, 0.15) is 5.82 Å². The minimum Gasteiger partial charge on any atom is -0.326 e. The van der Waals surface area contributed by atoms with E-state index in [1.165, 1.54) is 0 Å². The van der Waals surface area contributed by atoms with Crippen LogP contribution in [0.15, 0.2) is 53.3 Å². The van der Waals surface area contributed by atoms with Crippen LogP contribution in [0.2, 0.25) is 0 Å². The van der Waals surface area contributed by atoms with Gasteiger partial charge in [-0.05, 0) is 30.3 Å². The standard InChI is InChI=1S/C16H11BrN4/c1-21-13-5-3-9-19-15(13)20-16(21)11-6-7-12(17)10-4-2-8-18-14(10)11/h2-9H,1H3. The molecule has 0 spiro atoms. The Hall–Kier alpha value is -2.27. The molecule has 0 radical (unpaired) electrons. The highest BCUT2D eigenvalue weighted by atomic mass is 79.9. The molecule has 4 nitrogen and oxygen atoms in total. The molecule has 4 rings (SSSR count). The molecule has 0 N–H and O–H groups in total. The molecule has 1 aromatic carbocycles. The highest BCUT2D eigenvalue weighted by Crippen LogP contribution is 2.32. The molecule has 0 atom stereocenters. The van der Waals surface area contributed by atoms with Crippen LogP contribution < -0.4 is 0 Å². The third-order valence-corrected chi connectivity index (χ3v) is 4.31. The Kier molecular flexibility index (Phi) is 2.75. The average Bonchev–Trinajstić information content (AvgIpc) is 2.86. The summed E-state index contributed by atoms with van der Waals surface area (Å²) in [5.74, 6) is 0.875. The van der Waals surface area contributed by atoms with Gasteiger partial charge in [0, 0.05) is 34.9 Å². The van der Waals surface area contributed by atoms with E-state index < -0.39 is 0 Å². The van der Waals surface area contributed by atoms with E-state index in [1.54, 1.807) is 12.4 Å². The summed E-state index contributed by atoms with van der Waals surface area (Å²) in [4.78, 5) is 13.5. The Labute approximate surface area is 129 Å². The van der Waals surface area contributed by atoms with Crippen LogP contribution in [0.4, 0.5) is 0 Å². The maximum absolute atomic E-state index is 4.66. The highest BCUT2D eigenvalue weighted by Gasteiger charge is 2.14. The SMILES string of the molecule is Cn1c(-c2ccc(Br)c3cccnc23)nc2ncccc21. The van der Waals surface area contributed by atoms with Crippen LogP contribution in [0.3, 0.4) is 0 Å². The van der Waals surface area contributed by atoms with Crippen molar-refractivity contribution in [3.63, 3.8) is 0 Å². The topological polar surface area (TPSA) is 43.6 Å². The van der Waals surface area contributed by atoms with Gasteiger partial charge in [-0.2, -0.15) is 0 Å². The van der Waals surface area contributed by atoms with Crippen molar-refractivity contribution in [1.82, 2.24) is 19.5 Å². The van der Waals surface area contributed by atoms with Crippen molar-refractivity contribution < 1.29 is 0 Å². The quantitative estimate of drug-likeness (QED) is 0.527. The summed E-state index contributed by atoms with van der Waals surface area (Å²) in [5.41, 5.74) is 3.71. The van der Waals surface area contributed by atoms with Crippen molar-refractivity contribution in [2.45, 2.75) is 0 Å². The number of aromatic nitrogens is 4. The number of nitrogens with zero attached hydrogens (tertiary/aromatic N) is 4. The van der Waals surface area contributed by atoms with Gasteiger partial charge in [-0.25, -0.2) is 9.97 Å². The molecule has 0 aliphatic carbocycles. The number of imidazole rings is 1. The van der Waals surface area contributed by atoms with E-state index in [0.29, 0.717) is 0 Å². The Morgan fingerprint density at radius 3 is 2.67 bits per heavy atom. The van der Waals surface area contributed by atoms with Gasteiger partial charge in [0.05, 0.1) is 11.0 Å². The van der Waals surface area contributed by atoms with Crippen molar-refractivity contribution in [3.8, 4) is 11.4 Å². The molecule has 5 heteroatoms. The summed E-state index contributed by atoms with van der Waals surface area (Å²) in [5, 5.41) is 1.08. The number of halogens is 1. The first-order valence-corrected chi connectivity index (χ1v) is 7.36. The normalized spacial score (nSPS) is 11.3. The fourth-order valence-electron chi connectivity index (χ4n) is 2.59. The molecule has 3 heterocycles. The van der Waals surface area contributed by atoms with Crippen LogP contribution >= 0.6 is 15.9 Å². The Morgan fingerprint density at radius 2 is 1.81 bits per heavy atom. The fraction of sp³-hybridized carbons (Fsp3) is 0.0625. The zero-order valence-corrected chi connectivity index (χ0v) is 12.9. The molecule has 0 unspecified atom stereocenters. The fourth-order valence-corrected chi connectivity index (χ4v) is 3.04. The van der Waals surface area contributed by atoms with E-state index >= 15 is 0 Å². The second-order valence-corrected chi connectivity index (χ2v) is 5.69. The smallest absolute Gasteiger partial charge is 0.178 e. The minimum absolute atomic E-state index is 0.752. The monoisotopic (exact) mass is 338 g/mol. The average molecular weight is 339 g/mol. The minimum atomic E-state index is 0.752. The van der Waals surface area contributed by atoms with Gasteiger partial charge in [-0.15, -0.1) is 0 Å². The van der Waals surface area contributed by atoms with Crippen LogP contribution in [-0.4, -0.2) is 19.5 Å². The van der Waals surface area contributed by atoms with Crippen LogP contribution in [0.5, 0.6) is 0 Å². The molecule has 0 bridgehead atoms. The predicted molar refractivity (Wildman–Crippen MR) is 86.9 cm³/mol. The van der Waals surface area contributed by atoms with Crippen LogP contribution in [0.25, 0.3) is 33.5 Å². The van der Waals surface area contributed by atoms with E-state index in [-0.39, 0.29) is 0 Å². The van der Waals surface area contributed by atoms with Gasteiger partial charge in [0.25, 0.3) is 0 Å². The molecule has 4 aromatic rings. The number of fused-ring (bicyclic) bond motifs is 2. The molecule has 21 heavy (non-hydrogen) atoms. The number of aryl methyl sites for hydroxylation is 1. The van der Waals surface area contributed by atoms with Gasteiger partial charge in [0.15, 0.2) is 5.65 Å². The lowest BCUT2D eigenvalue weighted by molar-refractivity contribution is 0.960. The molecule has 3 aromatic heterocycles. The van der Waals surface area contributed by atoms with Gasteiger partial charge in [-0.1, -0.05) is 22.0 Å². The first-order chi connectivity index (χ1) is 10.3. The maximum Gasteiger partial charge on any atom is 0.178 e. The number of hydrogen-bond donors (Lipinski definition) is 0. The molecule has 0 aliphatic rings. The van der Waals surface area contributed by atoms with Gasteiger partial charge >= 0.3 is 0 Å². The van der Waals surface area contributed by atoms with E-state index in [4.69, 9.17) is 0 Å². The van der Waals surface area contributed by atoms with E-state index in [1.807, 2.05) is 37.4 Å². The third-order valence-electron chi connectivity index (χ3n) is 3.61. The summed E-state index contributed by atoms with van der Waals surface area (Å²) in [6.45, 7) is 0. The van der Waals surface area contributed by atoms with Crippen molar-refractivity contribution in [1.29, 1.82) is 0 Å². The maximum atomic E-state index is 4.66. The Bertz CT molecular complexity index is 975. The van der Waals surface area contributed by atoms with E-state index in [9.17, 15) is 0 Å². The van der Waals surface area contributed by atoms with Crippen molar-refractivity contribution in [2.75, 3.05) is 0 Å². The number of pyridine rings is 2. The second kappa shape index (κ2) is 4.63. The lowest BCUT2D eigenvalue weighted by Gasteiger charge is -2.07. The molecule has 102 valence electrons. The lowest BCUT2D eigenvalue weighted by atomic mass is 10.1. The summed E-state index contributed by atoms with van der Waals surface area (Å²) >= 11 is 3.58. The number of rotatable bonds is 1. The molecule has 0 aliphatic heterocycles. The zero-order chi connectivity index (χ0) is 14.4. The largest absolute Gasteiger partial charge is 0.326 e. The van der Waals surface area contributed by atoms with Gasteiger partial charge in [-0.3, -0.25) is 4.98 Å². The van der Waals surface area contributed by atoms with Crippen molar-refractivity contribution in [3.05, 3.63) is 53.3 Å². The Morgan fingerprint density at radius 1 is 1.00 bits per heavy atom. The molecule has 0 saturated heterocycles. The molecular weight excluding hydrogens is 328 g/mol. The molecule has 0 amide bonds. The Balaban J connectivity index is 2.10. The van der Waals surface area contributed by atoms with Crippen molar-refractivity contribution >= 4 is 38.0 Å². The summed E-state index contributed by atoms with van der Waals surface area (Å²) in [7, 11) is 2.00. The second-order valence-electron chi connectivity index (χ2n) is 4.84. The zero-order valence-electron chi connectivity index (χ0n) is 11.3. The summed E-state index contributed by atoms with van der Waals surface area (Å²) < 4.78 is 3.09. The number of benzene rings is 1. The lowest BCUT2D eigenvalue weighted by Crippen LogP contribution is -1.94. The predicted octanol–water partition coefficient (Wildman–Crippen LogP) is 3.95. The van der Waals surface area contributed by atoms with E-state index in [0.717, 1.165) is 37.9 Å². The summed E-state index contributed by atoms with van der Waals surface area (Å²) in [6, 6.07) is 12.0. The van der Waals surface area contributed by atoms with Crippen LogP contribution in [0, 0.1) is 0 Å². The van der Waals surface area contributed by atoms with Gasteiger partial charge in [0.2, 0.25) is 0 Å². The highest BCUT2D eigenvalue weighted by molar-refractivity contribution is 9.10.